The number of nitrogens with zero attached hydrogens (tertiary/aromatic N) is 2. The lowest BCUT2D eigenvalue weighted by molar-refractivity contribution is -0.137. The van der Waals surface area contributed by atoms with E-state index in [0.717, 1.165) is 24.4 Å². The SMILES string of the molecule is CCc1cccc(NC(N)=NCCCNc2ccc(C(F)(F)F)cn2)c1.I. The third-order valence-electron chi connectivity index (χ3n) is 3.62. The van der Waals surface area contributed by atoms with Crippen molar-refractivity contribution < 1.29 is 13.2 Å². The fraction of sp³-hybridized carbons (Fsp3) is 0.333. The summed E-state index contributed by atoms with van der Waals surface area (Å²) in [5, 5.41) is 5.99. The summed E-state index contributed by atoms with van der Waals surface area (Å²) in [6, 6.07) is 10.2. The molecule has 0 aliphatic carbocycles. The summed E-state index contributed by atoms with van der Waals surface area (Å²) < 4.78 is 37.4. The summed E-state index contributed by atoms with van der Waals surface area (Å²) >= 11 is 0. The lowest BCUT2D eigenvalue weighted by atomic mass is 10.1. The summed E-state index contributed by atoms with van der Waals surface area (Å²) in [4.78, 5) is 7.97. The van der Waals surface area contributed by atoms with Gasteiger partial charge in [-0.15, -0.1) is 24.0 Å². The third kappa shape index (κ3) is 8.02. The second-order valence-electron chi connectivity index (χ2n) is 5.66. The quantitative estimate of drug-likeness (QED) is 0.230. The predicted octanol–water partition coefficient (Wildman–Crippen LogP) is 4.51. The normalized spacial score (nSPS) is 11.6. The number of rotatable bonds is 7. The molecule has 0 saturated carbocycles. The third-order valence-corrected chi connectivity index (χ3v) is 3.62. The van der Waals surface area contributed by atoms with E-state index in [1.807, 2.05) is 24.3 Å². The highest BCUT2D eigenvalue weighted by molar-refractivity contribution is 14.0. The molecule has 0 aliphatic rings. The van der Waals surface area contributed by atoms with Crippen LogP contribution >= 0.6 is 24.0 Å². The number of aromatic nitrogens is 1. The Balaban J connectivity index is 0.00000364. The highest BCUT2D eigenvalue weighted by atomic mass is 127. The van der Waals surface area contributed by atoms with Gasteiger partial charge in [-0.2, -0.15) is 13.2 Å². The predicted molar refractivity (Wildman–Crippen MR) is 114 cm³/mol. The van der Waals surface area contributed by atoms with Crippen LogP contribution in [0.25, 0.3) is 0 Å². The molecule has 27 heavy (non-hydrogen) atoms. The van der Waals surface area contributed by atoms with Gasteiger partial charge >= 0.3 is 6.18 Å². The van der Waals surface area contributed by atoms with E-state index in [0.29, 0.717) is 31.3 Å². The van der Waals surface area contributed by atoms with Crippen molar-refractivity contribution in [3.8, 4) is 0 Å². The minimum atomic E-state index is -4.37. The zero-order chi connectivity index (χ0) is 19.0. The molecule has 0 atom stereocenters. The lowest BCUT2D eigenvalue weighted by Crippen LogP contribution is -2.23. The second-order valence-corrected chi connectivity index (χ2v) is 5.66. The number of hydrogen-bond donors (Lipinski definition) is 3. The number of hydrogen-bond acceptors (Lipinski definition) is 3. The molecular formula is C18H23F3IN5. The van der Waals surface area contributed by atoms with E-state index in [-0.39, 0.29) is 24.0 Å². The molecule has 5 nitrogen and oxygen atoms in total. The van der Waals surface area contributed by atoms with Crippen molar-refractivity contribution in [1.29, 1.82) is 0 Å². The molecule has 0 spiro atoms. The van der Waals surface area contributed by atoms with E-state index in [4.69, 9.17) is 5.73 Å². The maximum atomic E-state index is 12.5. The van der Waals surface area contributed by atoms with Crippen molar-refractivity contribution in [2.45, 2.75) is 25.9 Å². The molecule has 0 fully saturated rings. The van der Waals surface area contributed by atoms with Gasteiger partial charge in [0.2, 0.25) is 0 Å². The van der Waals surface area contributed by atoms with E-state index >= 15 is 0 Å². The minimum absolute atomic E-state index is 0. The molecule has 4 N–H and O–H groups in total. The Bertz CT molecular complexity index is 733. The molecule has 148 valence electrons. The average molecular weight is 493 g/mol. The fourth-order valence-corrected chi connectivity index (χ4v) is 2.22. The summed E-state index contributed by atoms with van der Waals surface area (Å²) in [7, 11) is 0. The van der Waals surface area contributed by atoms with Crippen LogP contribution in [0.1, 0.15) is 24.5 Å². The topological polar surface area (TPSA) is 75.3 Å². The van der Waals surface area contributed by atoms with Gasteiger partial charge in [0.15, 0.2) is 5.96 Å². The molecule has 0 unspecified atom stereocenters. The zero-order valence-corrected chi connectivity index (χ0v) is 17.2. The van der Waals surface area contributed by atoms with Crippen molar-refractivity contribution in [3.05, 3.63) is 53.7 Å². The molecule has 1 aromatic heterocycles. The zero-order valence-electron chi connectivity index (χ0n) is 14.9. The van der Waals surface area contributed by atoms with Gasteiger partial charge in [0.1, 0.15) is 5.82 Å². The van der Waals surface area contributed by atoms with E-state index in [2.05, 4.69) is 27.5 Å². The Morgan fingerprint density at radius 3 is 2.63 bits per heavy atom. The second kappa shape index (κ2) is 11.0. The first kappa shape index (κ1) is 23.0. The van der Waals surface area contributed by atoms with E-state index in [9.17, 15) is 13.2 Å². The maximum Gasteiger partial charge on any atom is 0.417 e. The summed E-state index contributed by atoms with van der Waals surface area (Å²) in [5.41, 5.74) is 7.17. The van der Waals surface area contributed by atoms with Crippen LogP contribution in [0.5, 0.6) is 0 Å². The van der Waals surface area contributed by atoms with E-state index in [1.54, 1.807) is 0 Å². The van der Waals surface area contributed by atoms with Crippen molar-refractivity contribution in [3.63, 3.8) is 0 Å². The molecule has 1 heterocycles. The van der Waals surface area contributed by atoms with Crippen LogP contribution in [0.3, 0.4) is 0 Å². The molecule has 9 heteroatoms. The molecule has 0 amide bonds. The van der Waals surface area contributed by atoms with Crippen LogP contribution in [0.15, 0.2) is 47.6 Å². The van der Waals surface area contributed by atoms with E-state index < -0.39 is 11.7 Å². The number of nitrogens with one attached hydrogen (secondary N) is 2. The summed E-state index contributed by atoms with van der Waals surface area (Å²) in [5.74, 6) is 0.718. The van der Waals surface area contributed by atoms with Gasteiger partial charge in [0.25, 0.3) is 0 Å². The smallest absolute Gasteiger partial charge is 0.370 e. The van der Waals surface area contributed by atoms with E-state index in [1.165, 1.54) is 11.6 Å². The Labute approximate surface area is 173 Å². The van der Waals surface area contributed by atoms with Crippen molar-refractivity contribution >= 4 is 41.4 Å². The number of aliphatic imine (C=N–C) groups is 1. The first-order chi connectivity index (χ1) is 12.4. The first-order valence-electron chi connectivity index (χ1n) is 8.31. The van der Waals surface area contributed by atoms with Crippen LogP contribution in [-0.4, -0.2) is 24.0 Å². The number of pyridine rings is 1. The molecule has 0 bridgehead atoms. The van der Waals surface area contributed by atoms with Crippen LogP contribution < -0.4 is 16.4 Å². The van der Waals surface area contributed by atoms with Crippen LogP contribution in [0.4, 0.5) is 24.7 Å². The first-order valence-corrected chi connectivity index (χ1v) is 8.31. The highest BCUT2D eigenvalue weighted by Crippen LogP contribution is 2.28. The summed E-state index contributed by atoms with van der Waals surface area (Å²) in [6.45, 7) is 3.09. The molecule has 1 aromatic carbocycles. The van der Waals surface area contributed by atoms with Gasteiger partial charge < -0.3 is 16.4 Å². The van der Waals surface area contributed by atoms with Gasteiger partial charge in [0.05, 0.1) is 5.56 Å². The minimum Gasteiger partial charge on any atom is -0.370 e. The van der Waals surface area contributed by atoms with Gasteiger partial charge in [-0.25, -0.2) is 4.98 Å². The van der Waals surface area contributed by atoms with Crippen LogP contribution in [-0.2, 0) is 12.6 Å². The number of nitrogens with two attached hydrogens (primary N) is 1. The lowest BCUT2D eigenvalue weighted by Gasteiger charge is -2.09. The summed E-state index contributed by atoms with van der Waals surface area (Å²) in [6.07, 6.45) is -1.95. The molecule has 2 rings (SSSR count). The Morgan fingerprint density at radius 2 is 2.00 bits per heavy atom. The van der Waals surface area contributed by atoms with Crippen molar-refractivity contribution in [2.75, 3.05) is 23.7 Å². The number of aryl methyl sites for hydroxylation is 1. The number of guanidine groups is 1. The monoisotopic (exact) mass is 493 g/mol. The Morgan fingerprint density at radius 1 is 1.22 bits per heavy atom. The van der Waals surface area contributed by atoms with Gasteiger partial charge in [-0.1, -0.05) is 19.1 Å². The Kier molecular flexibility index (Phi) is 9.33. The standard InChI is InChI=1S/C18H22F3N5.HI/c1-2-13-5-3-6-15(11-13)26-17(22)24-10-4-9-23-16-8-7-14(12-25-16)18(19,20)21;/h3,5-8,11-12H,2,4,9-10H2,1H3,(H,23,25)(H3,22,24,26);1H. The molecule has 2 aromatic rings. The van der Waals surface area contributed by atoms with Gasteiger partial charge in [0, 0.05) is 25.0 Å². The molecular weight excluding hydrogens is 470 g/mol. The maximum absolute atomic E-state index is 12.5. The molecule has 0 radical (unpaired) electrons. The van der Waals surface area contributed by atoms with Crippen molar-refractivity contribution in [1.82, 2.24) is 4.98 Å². The average Bonchev–Trinajstić information content (AvgIpc) is 2.61. The molecule has 0 saturated heterocycles. The number of anilines is 2. The number of alkyl halides is 3. The number of benzene rings is 1. The van der Waals surface area contributed by atoms with Crippen molar-refractivity contribution in [2.24, 2.45) is 10.7 Å². The highest BCUT2D eigenvalue weighted by Gasteiger charge is 2.30. The van der Waals surface area contributed by atoms with Gasteiger partial charge in [-0.3, -0.25) is 4.99 Å². The van der Waals surface area contributed by atoms with Crippen LogP contribution in [0, 0.1) is 0 Å². The van der Waals surface area contributed by atoms with Gasteiger partial charge in [-0.05, 0) is 42.7 Å². The largest absolute Gasteiger partial charge is 0.417 e. The molecule has 0 aliphatic heterocycles. The Hall–Kier alpha value is -2.04. The number of halogens is 4. The fourth-order valence-electron chi connectivity index (χ4n) is 2.22. The van der Waals surface area contributed by atoms with Crippen LogP contribution in [0.2, 0.25) is 0 Å².